The summed E-state index contributed by atoms with van der Waals surface area (Å²) in [6, 6.07) is 7.86. The van der Waals surface area contributed by atoms with Crippen LogP contribution in [0.15, 0.2) is 35.0 Å². The molecule has 0 unspecified atom stereocenters. The SMILES string of the molecule is CN(C(=O)c1nc(C2CC2)nc(NCc2cccs2)c1Cl)c1cccs1. The largest absolute Gasteiger partial charge is 0.364 e. The first-order chi connectivity index (χ1) is 12.6. The maximum Gasteiger partial charge on any atom is 0.278 e. The maximum absolute atomic E-state index is 13.0. The number of carbonyl (C=O) groups is 1. The molecule has 8 heteroatoms. The van der Waals surface area contributed by atoms with E-state index in [0.717, 1.165) is 17.8 Å². The van der Waals surface area contributed by atoms with Crippen molar-refractivity contribution in [1.29, 1.82) is 0 Å². The van der Waals surface area contributed by atoms with Crippen LogP contribution in [0.3, 0.4) is 0 Å². The molecule has 5 nitrogen and oxygen atoms in total. The molecule has 3 aromatic rings. The zero-order valence-corrected chi connectivity index (χ0v) is 16.5. The van der Waals surface area contributed by atoms with Crippen molar-refractivity contribution in [1.82, 2.24) is 9.97 Å². The molecule has 0 bridgehead atoms. The van der Waals surface area contributed by atoms with Gasteiger partial charge < -0.3 is 10.2 Å². The van der Waals surface area contributed by atoms with Gasteiger partial charge in [-0.25, -0.2) is 9.97 Å². The monoisotopic (exact) mass is 404 g/mol. The number of rotatable bonds is 6. The Morgan fingerprint density at radius 3 is 2.69 bits per heavy atom. The summed E-state index contributed by atoms with van der Waals surface area (Å²) < 4.78 is 0. The van der Waals surface area contributed by atoms with Crippen molar-refractivity contribution in [2.75, 3.05) is 17.3 Å². The average molecular weight is 405 g/mol. The molecule has 1 saturated carbocycles. The van der Waals surface area contributed by atoms with E-state index in [1.165, 1.54) is 16.2 Å². The Balaban J connectivity index is 1.65. The van der Waals surface area contributed by atoms with Crippen molar-refractivity contribution in [2.24, 2.45) is 0 Å². The third-order valence-electron chi connectivity index (χ3n) is 4.17. The van der Waals surface area contributed by atoms with Gasteiger partial charge in [0.2, 0.25) is 0 Å². The molecule has 0 saturated heterocycles. The topological polar surface area (TPSA) is 58.1 Å². The maximum atomic E-state index is 13.0. The molecule has 1 N–H and O–H groups in total. The number of anilines is 2. The summed E-state index contributed by atoms with van der Waals surface area (Å²) in [6.45, 7) is 0.618. The third kappa shape index (κ3) is 3.60. The molecule has 0 radical (unpaired) electrons. The summed E-state index contributed by atoms with van der Waals surface area (Å²) >= 11 is 9.68. The minimum atomic E-state index is -0.221. The first kappa shape index (κ1) is 17.5. The highest BCUT2D eigenvalue weighted by molar-refractivity contribution is 7.14. The van der Waals surface area contributed by atoms with Gasteiger partial charge in [0.05, 0.1) is 11.5 Å². The molecule has 0 aliphatic heterocycles. The fraction of sp³-hybridized carbons (Fsp3) is 0.278. The van der Waals surface area contributed by atoms with Gasteiger partial charge in [-0.05, 0) is 41.8 Å². The highest BCUT2D eigenvalue weighted by atomic mass is 35.5. The van der Waals surface area contributed by atoms with Crippen molar-refractivity contribution >= 4 is 51.0 Å². The summed E-state index contributed by atoms with van der Waals surface area (Å²) in [4.78, 5) is 24.8. The number of nitrogens with zero attached hydrogens (tertiary/aromatic N) is 3. The van der Waals surface area contributed by atoms with Crippen LogP contribution in [0.25, 0.3) is 0 Å². The second kappa shape index (κ2) is 7.34. The second-order valence-corrected chi connectivity index (χ2v) is 8.45. The van der Waals surface area contributed by atoms with Gasteiger partial charge in [0, 0.05) is 17.8 Å². The third-order valence-corrected chi connectivity index (χ3v) is 6.34. The predicted octanol–water partition coefficient (Wildman–Crippen LogP) is 5.02. The van der Waals surface area contributed by atoms with Crippen LogP contribution in [0.4, 0.5) is 10.8 Å². The Morgan fingerprint density at radius 1 is 1.27 bits per heavy atom. The van der Waals surface area contributed by atoms with E-state index in [2.05, 4.69) is 15.3 Å². The van der Waals surface area contributed by atoms with Crippen molar-refractivity contribution in [3.05, 3.63) is 56.4 Å². The minimum Gasteiger partial charge on any atom is -0.364 e. The molecule has 134 valence electrons. The lowest BCUT2D eigenvalue weighted by Crippen LogP contribution is -2.27. The van der Waals surface area contributed by atoms with Gasteiger partial charge in [0.15, 0.2) is 5.69 Å². The van der Waals surface area contributed by atoms with Crippen LogP contribution in [-0.4, -0.2) is 22.9 Å². The van der Waals surface area contributed by atoms with Crippen LogP contribution in [-0.2, 0) is 6.54 Å². The quantitative estimate of drug-likeness (QED) is 0.626. The van der Waals surface area contributed by atoms with E-state index >= 15 is 0 Å². The van der Waals surface area contributed by atoms with E-state index in [4.69, 9.17) is 11.6 Å². The Morgan fingerprint density at radius 2 is 2.04 bits per heavy atom. The number of halogens is 1. The van der Waals surface area contributed by atoms with Crippen LogP contribution in [0.1, 0.15) is 39.9 Å². The van der Waals surface area contributed by atoms with Crippen molar-refractivity contribution in [3.8, 4) is 0 Å². The lowest BCUT2D eigenvalue weighted by atomic mass is 10.3. The highest BCUT2D eigenvalue weighted by Gasteiger charge is 2.31. The number of hydrogen-bond acceptors (Lipinski definition) is 6. The second-order valence-electron chi connectivity index (χ2n) is 6.12. The van der Waals surface area contributed by atoms with Gasteiger partial charge in [0.25, 0.3) is 5.91 Å². The highest BCUT2D eigenvalue weighted by Crippen LogP contribution is 2.40. The average Bonchev–Trinajstić information content (AvgIpc) is 3.12. The smallest absolute Gasteiger partial charge is 0.278 e. The molecular weight excluding hydrogens is 388 g/mol. The normalized spacial score (nSPS) is 13.6. The molecule has 4 rings (SSSR count). The molecule has 3 aromatic heterocycles. The van der Waals surface area contributed by atoms with Crippen LogP contribution in [0.2, 0.25) is 5.02 Å². The fourth-order valence-electron chi connectivity index (χ4n) is 2.55. The first-order valence-corrected chi connectivity index (χ1v) is 10.4. The van der Waals surface area contributed by atoms with E-state index in [1.54, 1.807) is 23.3 Å². The lowest BCUT2D eigenvalue weighted by molar-refractivity contribution is 0.0988. The molecule has 26 heavy (non-hydrogen) atoms. The van der Waals surface area contributed by atoms with Gasteiger partial charge in [-0.2, -0.15) is 0 Å². The Hall–Kier alpha value is -1.96. The van der Waals surface area contributed by atoms with Gasteiger partial charge in [0.1, 0.15) is 16.7 Å². The summed E-state index contributed by atoms with van der Waals surface area (Å²) in [7, 11) is 1.74. The number of amides is 1. The summed E-state index contributed by atoms with van der Waals surface area (Å²) in [5, 5.41) is 8.36. The van der Waals surface area contributed by atoms with Crippen LogP contribution in [0.5, 0.6) is 0 Å². The van der Waals surface area contributed by atoms with E-state index in [0.29, 0.717) is 24.1 Å². The molecule has 0 atom stereocenters. The predicted molar refractivity (Wildman–Crippen MR) is 108 cm³/mol. The van der Waals surface area contributed by atoms with Gasteiger partial charge in [-0.15, -0.1) is 22.7 Å². The molecular formula is C18H17ClN4OS2. The van der Waals surface area contributed by atoms with Gasteiger partial charge in [-0.3, -0.25) is 4.79 Å². The summed E-state index contributed by atoms with van der Waals surface area (Å²) in [5.74, 6) is 1.33. The van der Waals surface area contributed by atoms with Crippen molar-refractivity contribution in [3.63, 3.8) is 0 Å². The molecule has 1 aliphatic rings. The lowest BCUT2D eigenvalue weighted by Gasteiger charge is -2.17. The molecule has 1 fully saturated rings. The first-order valence-electron chi connectivity index (χ1n) is 8.28. The van der Waals surface area contributed by atoms with Crippen molar-refractivity contribution in [2.45, 2.75) is 25.3 Å². The van der Waals surface area contributed by atoms with E-state index in [9.17, 15) is 4.79 Å². The number of nitrogens with one attached hydrogen (secondary N) is 1. The zero-order chi connectivity index (χ0) is 18.1. The molecule has 1 amide bonds. The Labute approximate surface area is 164 Å². The molecule has 0 spiro atoms. The summed E-state index contributed by atoms with van der Waals surface area (Å²) in [5.41, 5.74) is 0.258. The number of thiophene rings is 2. The van der Waals surface area contributed by atoms with Crippen molar-refractivity contribution < 1.29 is 4.79 Å². The van der Waals surface area contributed by atoms with Gasteiger partial charge >= 0.3 is 0 Å². The number of carbonyl (C=O) groups excluding carboxylic acids is 1. The van der Waals surface area contributed by atoms with E-state index in [-0.39, 0.29) is 16.6 Å². The number of aromatic nitrogens is 2. The summed E-state index contributed by atoms with van der Waals surface area (Å²) in [6.07, 6.45) is 2.11. The van der Waals surface area contributed by atoms with E-state index in [1.807, 2.05) is 35.0 Å². The number of hydrogen-bond donors (Lipinski definition) is 1. The van der Waals surface area contributed by atoms with Crippen LogP contribution >= 0.6 is 34.3 Å². The Bertz CT molecular complexity index is 908. The Kier molecular flexibility index (Phi) is 4.93. The van der Waals surface area contributed by atoms with Gasteiger partial charge in [-0.1, -0.05) is 17.7 Å². The minimum absolute atomic E-state index is 0.221. The molecule has 1 aliphatic carbocycles. The fourth-order valence-corrected chi connectivity index (χ4v) is 4.12. The van der Waals surface area contributed by atoms with Crippen LogP contribution < -0.4 is 10.2 Å². The zero-order valence-electron chi connectivity index (χ0n) is 14.1. The standard InChI is InChI=1S/C18H17ClN4OS2/c1-23(13-5-3-9-26-13)18(24)15-14(19)17(20-10-12-4-2-8-25-12)22-16(21-15)11-6-7-11/h2-5,8-9,11H,6-7,10H2,1H3,(H,20,21,22). The van der Waals surface area contributed by atoms with E-state index < -0.39 is 0 Å². The molecule has 0 aromatic carbocycles. The molecule has 3 heterocycles. The van der Waals surface area contributed by atoms with Crippen LogP contribution in [0, 0.1) is 0 Å².